The number of rotatable bonds is 9. The van der Waals surface area contributed by atoms with E-state index < -0.39 is 0 Å². The number of benzene rings is 2. The Bertz CT molecular complexity index is 1600. The van der Waals surface area contributed by atoms with Crippen LogP contribution in [-0.2, 0) is 4.79 Å². The number of nitrogens with zero attached hydrogens (tertiary/aromatic N) is 6. The molecule has 12 nitrogen and oxygen atoms in total. The Morgan fingerprint density at radius 1 is 1.10 bits per heavy atom. The number of piperazine rings is 1. The zero-order chi connectivity index (χ0) is 28.1. The Labute approximate surface area is 230 Å². The van der Waals surface area contributed by atoms with Crippen LogP contribution in [0, 0.1) is 0 Å². The molecule has 1 saturated heterocycles. The number of nitrogens with one attached hydrogen (secondary N) is 2. The van der Waals surface area contributed by atoms with Crippen LogP contribution in [0.4, 0.5) is 23.0 Å². The molecule has 12 heteroatoms. The maximum absolute atomic E-state index is 12.9. The van der Waals surface area contributed by atoms with Crippen molar-refractivity contribution in [3.63, 3.8) is 0 Å². The first-order chi connectivity index (χ1) is 19.5. The van der Waals surface area contributed by atoms with Crippen LogP contribution in [0.25, 0.3) is 16.9 Å². The highest BCUT2D eigenvalue weighted by atomic mass is 16.5. The quantitative estimate of drug-likeness (QED) is 0.270. The van der Waals surface area contributed by atoms with E-state index in [1.165, 1.54) is 23.0 Å². The number of hydrogen-bond acceptors (Lipinski definition) is 10. The number of carbonyl (C=O) groups is 1. The highest BCUT2D eigenvalue weighted by Crippen LogP contribution is 2.32. The van der Waals surface area contributed by atoms with Gasteiger partial charge < -0.3 is 25.4 Å². The third-order valence-corrected chi connectivity index (χ3v) is 6.64. The summed E-state index contributed by atoms with van der Waals surface area (Å²) >= 11 is 0. The summed E-state index contributed by atoms with van der Waals surface area (Å²) in [5.74, 6) is 0.517. The Morgan fingerprint density at radius 3 is 2.67 bits per heavy atom. The maximum Gasteiger partial charge on any atom is 0.275 e. The minimum absolute atomic E-state index is 0.164. The number of aliphatic hydroxyl groups excluding tert-OH is 1. The predicted octanol–water partition coefficient (Wildman–Crippen LogP) is 2.17. The molecule has 1 fully saturated rings. The lowest BCUT2D eigenvalue weighted by Gasteiger charge is -2.36. The fourth-order valence-electron chi connectivity index (χ4n) is 4.61. The van der Waals surface area contributed by atoms with Crippen molar-refractivity contribution in [3.8, 4) is 11.4 Å². The first kappa shape index (κ1) is 26.8. The number of hydrogen-bond donors (Lipinski definition) is 3. The largest absolute Gasteiger partial charge is 0.494 e. The Morgan fingerprint density at radius 2 is 1.93 bits per heavy atom. The van der Waals surface area contributed by atoms with Crippen LogP contribution < -0.4 is 25.8 Å². The molecule has 206 valence electrons. The zero-order valence-electron chi connectivity index (χ0n) is 22.1. The Hall–Kier alpha value is -4.81. The van der Waals surface area contributed by atoms with E-state index in [1.54, 1.807) is 31.4 Å². The fraction of sp³-hybridized carbons (Fsp3) is 0.250. The van der Waals surface area contributed by atoms with Gasteiger partial charge in [0.1, 0.15) is 11.3 Å². The number of aliphatic hydroxyl groups is 1. The molecule has 0 spiro atoms. The van der Waals surface area contributed by atoms with Gasteiger partial charge in [-0.3, -0.25) is 19.1 Å². The molecule has 0 aliphatic carbocycles. The molecule has 1 aliphatic heterocycles. The van der Waals surface area contributed by atoms with Crippen LogP contribution in [0.5, 0.6) is 5.75 Å². The molecule has 3 heterocycles. The number of β-amino-alcohol motifs (C(OH)–C–C–N with tert-alkyl or cyclic N) is 1. The summed E-state index contributed by atoms with van der Waals surface area (Å²) in [5.41, 5.74) is 3.05. The average Bonchev–Trinajstić information content (AvgIpc) is 2.98. The van der Waals surface area contributed by atoms with E-state index in [-0.39, 0.29) is 24.0 Å². The monoisotopic (exact) mass is 542 g/mol. The van der Waals surface area contributed by atoms with Crippen molar-refractivity contribution in [2.24, 2.45) is 0 Å². The smallest absolute Gasteiger partial charge is 0.275 e. The van der Waals surface area contributed by atoms with Gasteiger partial charge in [0.2, 0.25) is 11.9 Å². The molecule has 5 rings (SSSR count). The van der Waals surface area contributed by atoms with Crippen LogP contribution in [0.1, 0.15) is 0 Å². The summed E-state index contributed by atoms with van der Waals surface area (Å²) in [6.45, 7) is 7.79. The second kappa shape index (κ2) is 11.9. The molecule has 2 aromatic heterocycles. The number of ether oxygens (including phenoxy) is 1. The molecule has 4 aromatic rings. The van der Waals surface area contributed by atoms with Crippen LogP contribution in [0.2, 0.25) is 0 Å². The van der Waals surface area contributed by atoms with E-state index in [2.05, 4.69) is 42.0 Å². The maximum atomic E-state index is 12.9. The molecular formula is C28H30N8O4. The normalized spacial score (nSPS) is 13.7. The lowest BCUT2D eigenvalue weighted by molar-refractivity contribution is -0.111. The topological polar surface area (TPSA) is 138 Å². The summed E-state index contributed by atoms with van der Waals surface area (Å²) in [4.78, 5) is 42.4. The number of fused-ring (bicyclic) bond motifs is 1. The number of aromatic nitrogens is 4. The van der Waals surface area contributed by atoms with Crippen molar-refractivity contribution >= 4 is 40.1 Å². The highest BCUT2D eigenvalue weighted by molar-refractivity contribution is 5.99. The molecule has 1 amide bonds. The number of carbonyl (C=O) groups excluding carboxylic acids is 1. The third kappa shape index (κ3) is 5.77. The molecule has 0 bridgehead atoms. The van der Waals surface area contributed by atoms with E-state index in [4.69, 9.17) is 4.74 Å². The van der Waals surface area contributed by atoms with E-state index in [0.717, 1.165) is 31.9 Å². The lowest BCUT2D eigenvalue weighted by atomic mass is 10.2. The summed E-state index contributed by atoms with van der Waals surface area (Å²) in [6, 6.07) is 12.7. The average molecular weight is 543 g/mol. The molecule has 2 aromatic carbocycles. The second-order valence-electron chi connectivity index (χ2n) is 9.14. The molecule has 0 radical (unpaired) electrons. The second-order valence-corrected chi connectivity index (χ2v) is 9.14. The van der Waals surface area contributed by atoms with Crippen LogP contribution in [-0.4, -0.2) is 81.9 Å². The summed E-state index contributed by atoms with van der Waals surface area (Å²) in [5, 5.41) is 15.1. The van der Waals surface area contributed by atoms with E-state index >= 15 is 0 Å². The van der Waals surface area contributed by atoms with Gasteiger partial charge in [0.25, 0.3) is 5.56 Å². The minimum Gasteiger partial charge on any atom is -0.494 e. The molecule has 0 atom stereocenters. The van der Waals surface area contributed by atoms with Gasteiger partial charge in [0, 0.05) is 50.2 Å². The third-order valence-electron chi connectivity index (χ3n) is 6.64. The summed E-state index contributed by atoms with van der Waals surface area (Å²) in [7, 11) is 1.60. The Balaban J connectivity index is 1.43. The van der Waals surface area contributed by atoms with Crippen LogP contribution in [0.3, 0.4) is 0 Å². The number of anilines is 4. The van der Waals surface area contributed by atoms with Crippen molar-refractivity contribution in [2.75, 3.05) is 62.0 Å². The van der Waals surface area contributed by atoms with E-state index in [0.29, 0.717) is 40.5 Å². The summed E-state index contributed by atoms with van der Waals surface area (Å²) < 4.78 is 7.08. The van der Waals surface area contributed by atoms with Crippen LogP contribution in [0.15, 0.2) is 72.3 Å². The first-order valence-corrected chi connectivity index (χ1v) is 12.8. The molecule has 40 heavy (non-hydrogen) atoms. The fourth-order valence-corrected chi connectivity index (χ4v) is 4.61. The lowest BCUT2D eigenvalue weighted by Crippen LogP contribution is -2.47. The SMILES string of the molecule is C=CC(=O)Nc1cccc(-n2c(=O)cnc3cnc(Nc4ccc(N5CCN(CCO)CC5)cc4OC)nc32)c1. The van der Waals surface area contributed by atoms with E-state index in [9.17, 15) is 14.7 Å². The van der Waals surface area contributed by atoms with Gasteiger partial charge >= 0.3 is 0 Å². The summed E-state index contributed by atoms with van der Waals surface area (Å²) in [6.07, 6.45) is 3.92. The van der Waals surface area contributed by atoms with Gasteiger partial charge in [0.15, 0.2) is 5.65 Å². The predicted molar refractivity (Wildman–Crippen MR) is 154 cm³/mol. The van der Waals surface area contributed by atoms with Crippen molar-refractivity contribution in [2.45, 2.75) is 0 Å². The highest BCUT2D eigenvalue weighted by Gasteiger charge is 2.18. The van der Waals surface area contributed by atoms with Crippen molar-refractivity contribution in [1.29, 1.82) is 0 Å². The van der Waals surface area contributed by atoms with Gasteiger partial charge in [0.05, 0.1) is 37.5 Å². The van der Waals surface area contributed by atoms with Crippen molar-refractivity contribution in [3.05, 3.63) is 77.9 Å². The van der Waals surface area contributed by atoms with Gasteiger partial charge in [-0.1, -0.05) is 12.6 Å². The molecule has 0 saturated carbocycles. The molecule has 3 N–H and O–H groups in total. The minimum atomic E-state index is -0.384. The molecule has 1 aliphatic rings. The van der Waals surface area contributed by atoms with Crippen molar-refractivity contribution < 1.29 is 14.6 Å². The van der Waals surface area contributed by atoms with Crippen LogP contribution >= 0.6 is 0 Å². The molecular weight excluding hydrogens is 512 g/mol. The van der Waals surface area contributed by atoms with Crippen molar-refractivity contribution in [1.82, 2.24) is 24.4 Å². The van der Waals surface area contributed by atoms with Gasteiger partial charge in [-0.15, -0.1) is 0 Å². The molecule has 0 unspecified atom stereocenters. The number of amides is 1. The van der Waals surface area contributed by atoms with Gasteiger partial charge in [-0.25, -0.2) is 9.97 Å². The number of methoxy groups -OCH3 is 1. The van der Waals surface area contributed by atoms with Gasteiger partial charge in [-0.2, -0.15) is 4.98 Å². The standard InChI is InChI=1S/C28H30N8O4/c1-3-25(38)31-19-5-4-6-21(15-19)36-26(39)18-29-23-17-30-28(33-27(23)36)32-22-8-7-20(16-24(22)40-2)35-11-9-34(10-12-35)13-14-37/h3-8,15-18,37H,1,9-14H2,2H3,(H,31,38)(H,30,32,33). The van der Waals surface area contributed by atoms with Gasteiger partial charge in [-0.05, 0) is 36.4 Å². The Kier molecular flexibility index (Phi) is 7.99. The van der Waals surface area contributed by atoms with E-state index in [1.807, 2.05) is 18.2 Å². The zero-order valence-corrected chi connectivity index (χ0v) is 22.1. The first-order valence-electron chi connectivity index (χ1n) is 12.8.